The zero-order chi connectivity index (χ0) is 18.6. The van der Waals surface area contributed by atoms with Crippen LogP contribution in [0, 0.1) is 12.8 Å². The lowest BCUT2D eigenvalue weighted by Crippen LogP contribution is -2.40. The summed E-state index contributed by atoms with van der Waals surface area (Å²) in [7, 11) is -1.82. The molecule has 2 fully saturated rings. The summed E-state index contributed by atoms with van der Waals surface area (Å²) in [5.41, 5.74) is 0.842. The molecule has 26 heavy (non-hydrogen) atoms. The van der Waals surface area contributed by atoms with Gasteiger partial charge in [-0.3, -0.25) is 4.90 Å². The Morgan fingerprint density at radius 3 is 2.46 bits per heavy atom. The number of ether oxygens (including phenoxy) is 2. The number of hydrogen-bond acceptors (Lipinski definition) is 5. The summed E-state index contributed by atoms with van der Waals surface area (Å²) in [6, 6.07) is 5.08. The van der Waals surface area contributed by atoms with E-state index >= 15 is 0 Å². The molecule has 0 N–H and O–H groups in total. The first-order valence-corrected chi connectivity index (χ1v) is 10.9. The van der Waals surface area contributed by atoms with Gasteiger partial charge in [0.25, 0.3) is 0 Å². The van der Waals surface area contributed by atoms with Gasteiger partial charge in [-0.05, 0) is 62.4 Å². The molecule has 0 atom stereocenters. The molecular formula is C19H30N2O4S. The molecule has 0 amide bonds. The van der Waals surface area contributed by atoms with Gasteiger partial charge in [0.2, 0.25) is 10.0 Å². The highest BCUT2D eigenvalue weighted by Crippen LogP contribution is 2.28. The minimum absolute atomic E-state index is 0.363. The van der Waals surface area contributed by atoms with Gasteiger partial charge in [-0.1, -0.05) is 0 Å². The zero-order valence-corrected chi connectivity index (χ0v) is 16.6. The molecule has 3 rings (SSSR count). The Kier molecular flexibility index (Phi) is 6.55. The average Bonchev–Trinajstić information content (AvgIpc) is 2.67. The van der Waals surface area contributed by atoms with Gasteiger partial charge in [0.05, 0.1) is 25.2 Å². The molecule has 2 saturated heterocycles. The molecule has 0 spiro atoms. The third-order valence-corrected chi connectivity index (χ3v) is 7.43. The first kappa shape index (κ1) is 19.6. The second-order valence-corrected chi connectivity index (χ2v) is 9.16. The van der Waals surface area contributed by atoms with Crippen molar-refractivity contribution in [3.05, 3.63) is 23.8 Å². The van der Waals surface area contributed by atoms with Crippen molar-refractivity contribution in [3.63, 3.8) is 0 Å². The highest BCUT2D eigenvalue weighted by atomic mass is 32.2. The third kappa shape index (κ3) is 4.57. The third-order valence-electron chi connectivity index (χ3n) is 5.53. The van der Waals surface area contributed by atoms with Gasteiger partial charge < -0.3 is 9.47 Å². The Hall–Kier alpha value is -1.15. The molecule has 0 aromatic heterocycles. The van der Waals surface area contributed by atoms with Crippen LogP contribution < -0.4 is 4.74 Å². The molecular weight excluding hydrogens is 352 g/mol. The van der Waals surface area contributed by atoms with Crippen LogP contribution in [0.2, 0.25) is 0 Å². The molecule has 0 unspecified atom stereocenters. The molecule has 6 nitrogen and oxygen atoms in total. The van der Waals surface area contributed by atoms with E-state index < -0.39 is 10.0 Å². The van der Waals surface area contributed by atoms with Crippen LogP contribution in [0.4, 0.5) is 0 Å². The molecule has 1 aromatic carbocycles. The monoisotopic (exact) mass is 382 g/mol. The summed E-state index contributed by atoms with van der Waals surface area (Å²) >= 11 is 0. The van der Waals surface area contributed by atoms with Gasteiger partial charge in [-0.25, -0.2) is 8.42 Å². The van der Waals surface area contributed by atoms with E-state index in [9.17, 15) is 8.42 Å². The van der Waals surface area contributed by atoms with Crippen LogP contribution >= 0.6 is 0 Å². The minimum Gasteiger partial charge on any atom is -0.496 e. The second-order valence-electron chi connectivity index (χ2n) is 7.22. The summed E-state index contributed by atoms with van der Waals surface area (Å²) in [6.45, 7) is 7.89. The van der Waals surface area contributed by atoms with Gasteiger partial charge in [0, 0.05) is 26.2 Å². The van der Waals surface area contributed by atoms with E-state index in [0.29, 0.717) is 29.7 Å². The number of rotatable bonds is 6. The summed E-state index contributed by atoms with van der Waals surface area (Å²) in [5, 5.41) is 0. The number of hydrogen-bond donors (Lipinski definition) is 0. The fraction of sp³-hybridized carbons (Fsp3) is 0.684. The highest BCUT2D eigenvalue weighted by Gasteiger charge is 2.29. The van der Waals surface area contributed by atoms with Crippen molar-refractivity contribution < 1.29 is 17.9 Å². The summed E-state index contributed by atoms with van der Waals surface area (Å²) in [5.74, 6) is 1.33. The number of piperidine rings is 1. The minimum atomic E-state index is -3.42. The van der Waals surface area contributed by atoms with Gasteiger partial charge in [0.15, 0.2) is 0 Å². The SMILES string of the molecule is COc1ccc(S(=O)(=O)N2CCC(CCN3CCOCC3)CC2)cc1C. The smallest absolute Gasteiger partial charge is 0.243 e. The quantitative estimate of drug-likeness (QED) is 0.754. The van der Waals surface area contributed by atoms with E-state index in [4.69, 9.17) is 9.47 Å². The van der Waals surface area contributed by atoms with Crippen LogP contribution in [0.15, 0.2) is 23.1 Å². The normalized spacial score (nSPS) is 21.0. The Morgan fingerprint density at radius 1 is 1.15 bits per heavy atom. The van der Waals surface area contributed by atoms with Crippen LogP contribution in [0.25, 0.3) is 0 Å². The van der Waals surface area contributed by atoms with E-state index in [2.05, 4.69) is 4.90 Å². The predicted molar refractivity (Wildman–Crippen MR) is 101 cm³/mol. The summed E-state index contributed by atoms with van der Waals surface area (Å²) in [4.78, 5) is 2.81. The number of nitrogens with zero attached hydrogens (tertiary/aromatic N) is 2. The summed E-state index contributed by atoms with van der Waals surface area (Å²) in [6.07, 6.45) is 3.03. The molecule has 2 heterocycles. The second kappa shape index (κ2) is 8.69. The maximum Gasteiger partial charge on any atom is 0.243 e. The van der Waals surface area contributed by atoms with Crippen molar-refractivity contribution in [2.24, 2.45) is 5.92 Å². The van der Waals surface area contributed by atoms with E-state index in [-0.39, 0.29) is 0 Å². The van der Waals surface area contributed by atoms with Crippen molar-refractivity contribution in [2.45, 2.75) is 31.1 Å². The summed E-state index contributed by atoms with van der Waals surface area (Å²) < 4.78 is 38.1. The van der Waals surface area contributed by atoms with Crippen LogP contribution in [-0.4, -0.2) is 70.7 Å². The fourth-order valence-electron chi connectivity index (χ4n) is 3.79. The number of methoxy groups -OCH3 is 1. The molecule has 0 aliphatic carbocycles. The molecule has 2 aliphatic heterocycles. The van der Waals surface area contributed by atoms with Crippen LogP contribution in [-0.2, 0) is 14.8 Å². The fourth-order valence-corrected chi connectivity index (χ4v) is 5.34. The average molecular weight is 383 g/mol. The van der Waals surface area contributed by atoms with Crippen molar-refractivity contribution >= 4 is 10.0 Å². The highest BCUT2D eigenvalue weighted by molar-refractivity contribution is 7.89. The molecule has 2 aliphatic rings. The van der Waals surface area contributed by atoms with Crippen molar-refractivity contribution in [3.8, 4) is 5.75 Å². The van der Waals surface area contributed by atoms with Gasteiger partial charge >= 0.3 is 0 Å². The van der Waals surface area contributed by atoms with Crippen molar-refractivity contribution in [2.75, 3.05) is 53.0 Å². The maximum absolute atomic E-state index is 12.9. The van der Waals surface area contributed by atoms with E-state index in [1.807, 2.05) is 6.92 Å². The van der Waals surface area contributed by atoms with E-state index in [1.165, 1.54) is 0 Å². The largest absolute Gasteiger partial charge is 0.496 e. The van der Waals surface area contributed by atoms with Crippen LogP contribution in [0.3, 0.4) is 0 Å². The van der Waals surface area contributed by atoms with Crippen molar-refractivity contribution in [1.29, 1.82) is 0 Å². The standard InChI is InChI=1S/C19H30N2O4S/c1-16-15-18(3-4-19(16)24-2)26(22,23)21-9-6-17(7-10-21)5-8-20-11-13-25-14-12-20/h3-4,15,17H,5-14H2,1-2H3. The predicted octanol–water partition coefficient (Wildman–Crippen LogP) is 2.13. The first-order chi connectivity index (χ1) is 12.5. The number of sulfonamides is 1. The van der Waals surface area contributed by atoms with E-state index in [0.717, 1.165) is 57.7 Å². The zero-order valence-electron chi connectivity index (χ0n) is 15.8. The topological polar surface area (TPSA) is 59.1 Å². The number of aryl methyl sites for hydroxylation is 1. The molecule has 1 aromatic rings. The van der Waals surface area contributed by atoms with Gasteiger partial charge in [-0.15, -0.1) is 0 Å². The Morgan fingerprint density at radius 2 is 1.85 bits per heavy atom. The number of benzene rings is 1. The molecule has 7 heteroatoms. The molecule has 0 radical (unpaired) electrons. The Labute approximate surface area is 157 Å². The Bertz CT molecular complexity index is 693. The van der Waals surface area contributed by atoms with Crippen LogP contribution in [0.1, 0.15) is 24.8 Å². The van der Waals surface area contributed by atoms with Gasteiger partial charge in [-0.2, -0.15) is 4.31 Å². The molecule has 0 saturated carbocycles. The lowest BCUT2D eigenvalue weighted by Gasteiger charge is -2.33. The number of morpholine rings is 1. The maximum atomic E-state index is 12.9. The van der Waals surface area contributed by atoms with E-state index in [1.54, 1.807) is 29.6 Å². The molecule has 0 bridgehead atoms. The van der Waals surface area contributed by atoms with Crippen LogP contribution in [0.5, 0.6) is 5.75 Å². The van der Waals surface area contributed by atoms with Gasteiger partial charge in [0.1, 0.15) is 5.75 Å². The Balaban J connectivity index is 1.54. The first-order valence-electron chi connectivity index (χ1n) is 9.45. The molecule has 146 valence electrons. The van der Waals surface area contributed by atoms with Crippen molar-refractivity contribution in [1.82, 2.24) is 9.21 Å². The lowest BCUT2D eigenvalue weighted by molar-refractivity contribution is 0.0343. The lowest BCUT2D eigenvalue weighted by atomic mass is 9.94.